The van der Waals surface area contributed by atoms with Crippen molar-refractivity contribution in [3.05, 3.63) is 16.1 Å². The lowest BCUT2D eigenvalue weighted by molar-refractivity contribution is 0.0788. The summed E-state index contributed by atoms with van der Waals surface area (Å²) in [6, 6.07) is 0.728. The molecular weight excluding hydrogens is 276 g/mol. The van der Waals surface area contributed by atoms with Crippen LogP contribution in [0, 0.1) is 11.8 Å². The number of likely N-dealkylation sites (tertiary alicyclic amines) is 1. The van der Waals surface area contributed by atoms with Gasteiger partial charge in [0.2, 0.25) is 0 Å². The maximum Gasteiger partial charge on any atom is 0.0929 e. The third-order valence-corrected chi connectivity index (χ3v) is 5.52. The number of nitrogens with zero attached hydrogens (tertiary/aromatic N) is 2. The molecule has 1 aromatic rings. The Morgan fingerprint density at radius 2 is 2.21 bits per heavy atom. The van der Waals surface area contributed by atoms with Crippen molar-refractivity contribution in [3.8, 4) is 0 Å². The summed E-state index contributed by atoms with van der Waals surface area (Å²) in [5.41, 5.74) is 1.02. The SMILES string of the molecule is CC1CC(C)C(C)N(CCCc2nc(CCl)cs2)C1. The molecule has 2 nitrogen and oxygen atoms in total. The van der Waals surface area contributed by atoms with Crippen LogP contribution in [0.1, 0.15) is 44.3 Å². The third kappa shape index (κ3) is 4.17. The van der Waals surface area contributed by atoms with Crippen LogP contribution < -0.4 is 0 Å². The number of halogens is 1. The minimum atomic E-state index is 0.536. The van der Waals surface area contributed by atoms with Crippen LogP contribution in [-0.2, 0) is 12.3 Å². The summed E-state index contributed by atoms with van der Waals surface area (Å²) in [5.74, 6) is 2.20. The Morgan fingerprint density at radius 1 is 1.42 bits per heavy atom. The Bertz CT molecular complexity index is 393. The Labute approximate surface area is 126 Å². The fourth-order valence-corrected chi connectivity index (χ4v) is 4.15. The Kier molecular flexibility index (Phi) is 5.67. The van der Waals surface area contributed by atoms with Crippen LogP contribution in [0.25, 0.3) is 0 Å². The highest BCUT2D eigenvalue weighted by Gasteiger charge is 2.28. The number of hydrogen-bond donors (Lipinski definition) is 0. The van der Waals surface area contributed by atoms with Gasteiger partial charge in [0.15, 0.2) is 0 Å². The molecule has 0 aromatic carbocycles. The van der Waals surface area contributed by atoms with Crippen LogP contribution in [0.5, 0.6) is 0 Å². The standard InChI is InChI=1S/C15H25ClN2S/c1-11-7-12(2)13(3)18(9-11)6-4-5-15-17-14(8-16)10-19-15/h10-13H,4-9H2,1-3H3. The lowest BCUT2D eigenvalue weighted by Crippen LogP contribution is -2.46. The summed E-state index contributed by atoms with van der Waals surface area (Å²) < 4.78 is 0. The van der Waals surface area contributed by atoms with Gasteiger partial charge in [-0.1, -0.05) is 13.8 Å². The second-order valence-corrected chi connectivity index (χ2v) is 7.23. The lowest BCUT2D eigenvalue weighted by Gasteiger charge is -2.41. The van der Waals surface area contributed by atoms with Gasteiger partial charge in [0, 0.05) is 24.4 Å². The highest BCUT2D eigenvalue weighted by molar-refractivity contribution is 7.09. The van der Waals surface area contributed by atoms with Crippen molar-refractivity contribution < 1.29 is 0 Å². The molecule has 1 fully saturated rings. The zero-order valence-corrected chi connectivity index (χ0v) is 13.8. The molecule has 0 N–H and O–H groups in total. The quantitative estimate of drug-likeness (QED) is 0.758. The molecule has 1 aliphatic rings. The molecule has 108 valence electrons. The van der Waals surface area contributed by atoms with Gasteiger partial charge in [-0.15, -0.1) is 22.9 Å². The lowest BCUT2D eigenvalue weighted by atomic mass is 9.86. The van der Waals surface area contributed by atoms with Gasteiger partial charge < -0.3 is 4.90 Å². The molecular formula is C15H25ClN2S. The van der Waals surface area contributed by atoms with E-state index in [9.17, 15) is 0 Å². The van der Waals surface area contributed by atoms with Crippen LogP contribution in [0.15, 0.2) is 5.38 Å². The minimum absolute atomic E-state index is 0.536. The Balaban J connectivity index is 1.78. The number of aryl methyl sites for hydroxylation is 1. The van der Waals surface area contributed by atoms with Crippen molar-refractivity contribution in [3.63, 3.8) is 0 Å². The second-order valence-electron chi connectivity index (χ2n) is 6.02. The molecule has 1 aromatic heterocycles. The van der Waals surface area contributed by atoms with E-state index in [1.165, 1.54) is 30.9 Å². The van der Waals surface area contributed by atoms with Crippen molar-refractivity contribution in [1.82, 2.24) is 9.88 Å². The van der Waals surface area contributed by atoms with Gasteiger partial charge in [0.05, 0.1) is 16.6 Å². The average Bonchev–Trinajstić information content (AvgIpc) is 2.83. The van der Waals surface area contributed by atoms with Crippen LogP contribution in [0.4, 0.5) is 0 Å². The molecule has 0 saturated carbocycles. The first-order chi connectivity index (χ1) is 9.10. The first-order valence-electron chi connectivity index (χ1n) is 7.33. The summed E-state index contributed by atoms with van der Waals surface area (Å²) >= 11 is 7.53. The third-order valence-electron chi connectivity index (χ3n) is 4.29. The van der Waals surface area contributed by atoms with E-state index in [1.807, 2.05) is 0 Å². The Morgan fingerprint density at radius 3 is 2.89 bits per heavy atom. The van der Waals surface area contributed by atoms with Gasteiger partial charge in [-0.2, -0.15) is 0 Å². The maximum atomic E-state index is 5.78. The summed E-state index contributed by atoms with van der Waals surface area (Å²) in [5, 5.41) is 3.32. The van der Waals surface area contributed by atoms with Crippen molar-refractivity contribution >= 4 is 22.9 Å². The smallest absolute Gasteiger partial charge is 0.0929 e. The number of thiazole rings is 1. The highest BCUT2D eigenvalue weighted by Crippen LogP contribution is 2.27. The van der Waals surface area contributed by atoms with Crippen molar-refractivity contribution in [2.45, 2.75) is 52.0 Å². The van der Waals surface area contributed by atoms with Crippen LogP contribution in [0.3, 0.4) is 0 Å². The molecule has 3 atom stereocenters. The largest absolute Gasteiger partial charge is 0.300 e. The van der Waals surface area contributed by atoms with E-state index in [0.29, 0.717) is 5.88 Å². The van der Waals surface area contributed by atoms with Gasteiger partial charge in [-0.25, -0.2) is 4.98 Å². The topological polar surface area (TPSA) is 16.1 Å². The zero-order valence-electron chi connectivity index (χ0n) is 12.2. The van der Waals surface area contributed by atoms with Crippen LogP contribution >= 0.6 is 22.9 Å². The normalized spacial score (nSPS) is 28.7. The van der Waals surface area contributed by atoms with Crippen molar-refractivity contribution in [2.75, 3.05) is 13.1 Å². The molecule has 0 amide bonds. The fourth-order valence-electron chi connectivity index (χ4n) is 3.09. The fraction of sp³-hybridized carbons (Fsp3) is 0.800. The first-order valence-corrected chi connectivity index (χ1v) is 8.75. The molecule has 2 rings (SSSR count). The van der Waals surface area contributed by atoms with Gasteiger partial charge in [0.1, 0.15) is 0 Å². The van der Waals surface area contributed by atoms with E-state index in [4.69, 9.17) is 11.6 Å². The van der Waals surface area contributed by atoms with Gasteiger partial charge >= 0.3 is 0 Å². The molecule has 4 heteroatoms. The van der Waals surface area contributed by atoms with E-state index in [0.717, 1.165) is 30.0 Å². The molecule has 1 saturated heterocycles. The van der Waals surface area contributed by atoms with E-state index < -0.39 is 0 Å². The Hall–Kier alpha value is -0.120. The second kappa shape index (κ2) is 7.05. The molecule has 2 heterocycles. The molecule has 0 bridgehead atoms. The van der Waals surface area contributed by atoms with Gasteiger partial charge in [0.25, 0.3) is 0 Å². The minimum Gasteiger partial charge on any atom is -0.300 e. The monoisotopic (exact) mass is 300 g/mol. The number of piperidine rings is 1. The van der Waals surface area contributed by atoms with E-state index >= 15 is 0 Å². The van der Waals surface area contributed by atoms with Crippen LogP contribution in [-0.4, -0.2) is 29.0 Å². The van der Waals surface area contributed by atoms with Crippen LogP contribution in [0.2, 0.25) is 0 Å². The predicted molar refractivity (Wildman–Crippen MR) is 84.0 cm³/mol. The van der Waals surface area contributed by atoms with Gasteiger partial charge in [-0.3, -0.25) is 0 Å². The van der Waals surface area contributed by atoms with E-state index in [2.05, 4.69) is 36.0 Å². The molecule has 0 radical (unpaired) electrons. The number of hydrogen-bond acceptors (Lipinski definition) is 3. The van der Waals surface area contributed by atoms with E-state index in [-0.39, 0.29) is 0 Å². The molecule has 19 heavy (non-hydrogen) atoms. The maximum absolute atomic E-state index is 5.78. The molecule has 0 spiro atoms. The summed E-state index contributed by atoms with van der Waals surface area (Å²) in [6.45, 7) is 9.61. The van der Waals surface area contributed by atoms with Crippen molar-refractivity contribution in [1.29, 1.82) is 0 Å². The summed E-state index contributed by atoms with van der Waals surface area (Å²) in [7, 11) is 0. The number of alkyl halides is 1. The van der Waals surface area contributed by atoms with Crippen molar-refractivity contribution in [2.24, 2.45) is 11.8 Å². The number of aromatic nitrogens is 1. The highest BCUT2D eigenvalue weighted by atomic mass is 35.5. The molecule has 0 aliphatic carbocycles. The zero-order chi connectivity index (χ0) is 13.8. The molecule has 1 aliphatic heterocycles. The predicted octanol–water partition coefficient (Wildman–Crippen LogP) is 4.18. The van der Waals surface area contributed by atoms with E-state index in [1.54, 1.807) is 11.3 Å². The molecule has 3 unspecified atom stereocenters. The average molecular weight is 301 g/mol. The number of rotatable bonds is 5. The summed E-state index contributed by atoms with van der Waals surface area (Å²) in [6.07, 6.45) is 3.68. The first kappa shape index (κ1) is 15.3. The summed E-state index contributed by atoms with van der Waals surface area (Å²) in [4.78, 5) is 7.19. The van der Waals surface area contributed by atoms with Gasteiger partial charge in [-0.05, 0) is 38.1 Å².